The molecule has 1 atom stereocenters. The lowest BCUT2D eigenvalue weighted by Gasteiger charge is -2.28. The Balaban J connectivity index is 0.00000320. The molecule has 0 saturated heterocycles. The van der Waals surface area contributed by atoms with Gasteiger partial charge in [-0.2, -0.15) is 13.2 Å². The third-order valence-corrected chi connectivity index (χ3v) is 4.29. The van der Waals surface area contributed by atoms with E-state index in [1.54, 1.807) is 0 Å². The summed E-state index contributed by atoms with van der Waals surface area (Å²) in [5.41, 5.74) is 0.150. The lowest BCUT2D eigenvalue weighted by atomic mass is 10.0. The maximum absolute atomic E-state index is 13.0. The van der Waals surface area contributed by atoms with Crippen molar-refractivity contribution in [3.8, 4) is 11.6 Å². The molecule has 10 heteroatoms. The summed E-state index contributed by atoms with van der Waals surface area (Å²) in [6.07, 6.45) is -2.47. The van der Waals surface area contributed by atoms with Gasteiger partial charge in [0.1, 0.15) is 17.9 Å². The van der Waals surface area contributed by atoms with Gasteiger partial charge in [-0.15, -0.1) is 24.0 Å². The number of pyridine rings is 1. The Morgan fingerprint density at radius 1 is 1.27 bits per heavy atom. The summed E-state index contributed by atoms with van der Waals surface area (Å²) >= 11 is 0. The molecule has 30 heavy (non-hydrogen) atoms. The average molecular weight is 536 g/mol. The van der Waals surface area contributed by atoms with Gasteiger partial charge in [0.05, 0.1) is 19.2 Å². The van der Waals surface area contributed by atoms with Crippen molar-refractivity contribution in [3.63, 3.8) is 0 Å². The first-order valence-corrected chi connectivity index (χ1v) is 9.40. The highest BCUT2D eigenvalue weighted by Crippen LogP contribution is 2.34. The van der Waals surface area contributed by atoms with Crippen LogP contribution in [-0.2, 0) is 6.18 Å². The van der Waals surface area contributed by atoms with Gasteiger partial charge >= 0.3 is 6.18 Å². The Hall–Kier alpha value is -2.24. The number of guanidine groups is 1. The molecule has 2 aromatic rings. The number of benzene rings is 1. The van der Waals surface area contributed by atoms with Crippen LogP contribution in [0.3, 0.4) is 0 Å². The van der Waals surface area contributed by atoms with E-state index in [9.17, 15) is 13.2 Å². The highest BCUT2D eigenvalue weighted by Gasteiger charge is 2.35. The van der Waals surface area contributed by atoms with Crippen LogP contribution in [0, 0.1) is 0 Å². The number of aliphatic imine (C=N–C) groups is 1. The zero-order valence-corrected chi connectivity index (χ0v) is 18.7. The number of fused-ring (bicyclic) bond motifs is 1. The van der Waals surface area contributed by atoms with Crippen LogP contribution in [0.5, 0.6) is 11.6 Å². The Labute approximate surface area is 190 Å². The normalized spacial score (nSPS) is 16.0. The summed E-state index contributed by atoms with van der Waals surface area (Å²) in [6, 6.07) is 10.00. The molecule has 0 fully saturated rings. The fraction of sp³-hybridized carbons (Fsp3) is 0.400. The molecule has 164 valence electrons. The zero-order chi connectivity index (χ0) is 20.7. The maximum atomic E-state index is 13.0. The number of aromatic nitrogens is 1. The van der Waals surface area contributed by atoms with Crippen molar-refractivity contribution in [2.45, 2.75) is 25.6 Å². The lowest BCUT2D eigenvalue weighted by Crippen LogP contribution is -2.41. The van der Waals surface area contributed by atoms with E-state index in [0.29, 0.717) is 19.1 Å². The number of nitrogens with one attached hydrogen (secondary N) is 2. The number of ether oxygens (including phenoxy) is 2. The largest absolute Gasteiger partial charge is 0.493 e. The fourth-order valence-corrected chi connectivity index (χ4v) is 3.00. The molecule has 3 rings (SSSR count). The summed E-state index contributed by atoms with van der Waals surface area (Å²) in [6.45, 7) is 3.33. The van der Waals surface area contributed by atoms with Crippen molar-refractivity contribution in [2.24, 2.45) is 4.99 Å². The zero-order valence-electron chi connectivity index (χ0n) is 16.4. The molecule has 0 aliphatic carbocycles. The fourth-order valence-electron chi connectivity index (χ4n) is 3.00. The third-order valence-electron chi connectivity index (χ3n) is 4.29. The van der Waals surface area contributed by atoms with Crippen LogP contribution >= 0.6 is 24.0 Å². The number of hydrogen-bond acceptors (Lipinski definition) is 4. The Morgan fingerprint density at radius 2 is 2.07 bits per heavy atom. The third kappa shape index (κ3) is 6.38. The molecule has 1 unspecified atom stereocenters. The van der Waals surface area contributed by atoms with E-state index in [-0.39, 0.29) is 43.2 Å². The molecule has 0 radical (unpaired) electrons. The van der Waals surface area contributed by atoms with Gasteiger partial charge < -0.3 is 20.1 Å². The van der Waals surface area contributed by atoms with Crippen LogP contribution in [0.25, 0.3) is 0 Å². The van der Waals surface area contributed by atoms with E-state index in [1.165, 1.54) is 12.3 Å². The molecular formula is C20H24F3IN4O2. The molecular weight excluding hydrogens is 512 g/mol. The molecule has 1 aromatic carbocycles. The molecule has 1 aliphatic rings. The summed E-state index contributed by atoms with van der Waals surface area (Å²) in [4.78, 5) is 8.09. The second-order valence-electron chi connectivity index (χ2n) is 6.33. The summed E-state index contributed by atoms with van der Waals surface area (Å²) in [7, 11) is 0. The highest BCUT2D eigenvalue weighted by molar-refractivity contribution is 14.0. The topological polar surface area (TPSA) is 67.8 Å². The maximum Gasteiger partial charge on any atom is 0.421 e. The van der Waals surface area contributed by atoms with Crippen LogP contribution in [-0.4, -0.2) is 37.2 Å². The number of para-hydroxylation sites is 1. The van der Waals surface area contributed by atoms with E-state index in [4.69, 9.17) is 9.47 Å². The van der Waals surface area contributed by atoms with E-state index in [0.717, 1.165) is 23.8 Å². The van der Waals surface area contributed by atoms with Crippen LogP contribution in [0.4, 0.5) is 13.2 Å². The first-order valence-electron chi connectivity index (χ1n) is 9.40. The first kappa shape index (κ1) is 24.0. The second-order valence-corrected chi connectivity index (χ2v) is 6.33. The lowest BCUT2D eigenvalue weighted by molar-refractivity contribution is -0.139. The van der Waals surface area contributed by atoms with E-state index in [1.807, 2.05) is 31.2 Å². The second kappa shape index (κ2) is 11.2. The van der Waals surface area contributed by atoms with Gasteiger partial charge in [0.15, 0.2) is 5.96 Å². The van der Waals surface area contributed by atoms with Gasteiger partial charge in [-0.05, 0) is 25.1 Å². The highest BCUT2D eigenvalue weighted by atomic mass is 127. The van der Waals surface area contributed by atoms with Gasteiger partial charge in [0.2, 0.25) is 5.88 Å². The van der Waals surface area contributed by atoms with Crippen molar-refractivity contribution < 1.29 is 22.6 Å². The SMILES string of the molecule is CCNC(=NCCOc1ncccc1C(F)(F)F)NC1CCOc2ccccc21.I. The van der Waals surface area contributed by atoms with Crippen molar-refractivity contribution in [3.05, 3.63) is 53.7 Å². The van der Waals surface area contributed by atoms with E-state index in [2.05, 4.69) is 20.6 Å². The van der Waals surface area contributed by atoms with Crippen molar-refractivity contribution in [1.82, 2.24) is 15.6 Å². The summed E-state index contributed by atoms with van der Waals surface area (Å²) in [5, 5.41) is 6.50. The minimum Gasteiger partial charge on any atom is -0.493 e. The quantitative estimate of drug-likeness (QED) is 0.251. The molecule has 0 spiro atoms. The number of hydrogen-bond donors (Lipinski definition) is 2. The summed E-state index contributed by atoms with van der Waals surface area (Å²) < 4.78 is 49.9. The number of halogens is 4. The molecule has 0 amide bonds. The van der Waals surface area contributed by atoms with Gasteiger partial charge in [0, 0.05) is 24.7 Å². The molecule has 2 heterocycles. The van der Waals surface area contributed by atoms with Crippen molar-refractivity contribution in [2.75, 3.05) is 26.3 Å². The molecule has 6 nitrogen and oxygen atoms in total. The minimum absolute atomic E-state index is 0. The molecule has 0 bridgehead atoms. The van der Waals surface area contributed by atoms with Gasteiger partial charge in [0.25, 0.3) is 0 Å². The summed E-state index contributed by atoms with van der Waals surface area (Å²) in [5.74, 6) is 0.964. The predicted molar refractivity (Wildman–Crippen MR) is 119 cm³/mol. The average Bonchev–Trinajstić information content (AvgIpc) is 2.71. The number of nitrogens with zero attached hydrogens (tertiary/aromatic N) is 2. The predicted octanol–water partition coefficient (Wildman–Crippen LogP) is 4.18. The van der Waals surface area contributed by atoms with Crippen molar-refractivity contribution >= 4 is 29.9 Å². The monoisotopic (exact) mass is 536 g/mol. The molecule has 0 saturated carbocycles. The van der Waals surface area contributed by atoms with E-state index >= 15 is 0 Å². The first-order chi connectivity index (χ1) is 14.0. The van der Waals surface area contributed by atoms with Crippen molar-refractivity contribution in [1.29, 1.82) is 0 Å². The van der Waals surface area contributed by atoms with Gasteiger partial charge in [-0.3, -0.25) is 0 Å². The molecule has 1 aromatic heterocycles. The van der Waals surface area contributed by atoms with Crippen LogP contribution in [0.2, 0.25) is 0 Å². The van der Waals surface area contributed by atoms with Gasteiger partial charge in [-0.1, -0.05) is 18.2 Å². The van der Waals surface area contributed by atoms with Crippen LogP contribution < -0.4 is 20.1 Å². The van der Waals surface area contributed by atoms with Crippen LogP contribution in [0.15, 0.2) is 47.6 Å². The standard InChI is InChI=1S/C20H23F3N4O2.HI/c1-2-24-19(27-16-9-12-28-17-8-4-3-6-14(16)17)26-11-13-29-18-15(20(21,22)23)7-5-10-25-18;/h3-8,10,16H,2,9,11-13H2,1H3,(H2,24,26,27);1H. The van der Waals surface area contributed by atoms with Crippen LogP contribution in [0.1, 0.15) is 30.5 Å². The molecule has 2 N–H and O–H groups in total. The number of rotatable bonds is 6. The van der Waals surface area contributed by atoms with E-state index < -0.39 is 17.6 Å². The smallest absolute Gasteiger partial charge is 0.421 e. The minimum atomic E-state index is -4.51. The number of alkyl halides is 3. The Kier molecular flexibility index (Phi) is 9.00. The Bertz CT molecular complexity index is 849. The Morgan fingerprint density at radius 3 is 2.83 bits per heavy atom. The van der Waals surface area contributed by atoms with Gasteiger partial charge in [-0.25, -0.2) is 9.98 Å². The molecule has 1 aliphatic heterocycles.